The van der Waals surface area contributed by atoms with E-state index in [0.29, 0.717) is 0 Å². The van der Waals surface area contributed by atoms with Crippen LogP contribution in [0.15, 0.2) is 12.3 Å². The highest BCUT2D eigenvalue weighted by molar-refractivity contribution is 5.94. The van der Waals surface area contributed by atoms with Gasteiger partial charge in [-0.3, -0.25) is 4.79 Å². The first-order chi connectivity index (χ1) is 6.60. The van der Waals surface area contributed by atoms with E-state index in [2.05, 4.69) is 0 Å². The van der Waals surface area contributed by atoms with E-state index in [1.165, 1.54) is 0 Å². The van der Waals surface area contributed by atoms with Gasteiger partial charge in [-0.25, -0.2) is 0 Å². The van der Waals surface area contributed by atoms with Gasteiger partial charge in [0.2, 0.25) is 0 Å². The van der Waals surface area contributed by atoms with Crippen LogP contribution in [0.1, 0.15) is 29.9 Å². The molecule has 78 valence electrons. The summed E-state index contributed by atoms with van der Waals surface area (Å²) >= 11 is 0. The second-order valence-electron chi connectivity index (χ2n) is 3.46. The van der Waals surface area contributed by atoms with Gasteiger partial charge >= 0.3 is 0 Å². The molecule has 0 spiro atoms. The van der Waals surface area contributed by atoms with Gasteiger partial charge in [0.1, 0.15) is 0 Å². The second kappa shape index (κ2) is 4.31. The summed E-state index contributed by atoms with van der Waals surface area (Å²) in [5.74, 6) is 0.124. The smallest absolute Gasteiger partial charge is 0.255 e. The van der Waals surface area contributed by atoms with Crippen LogP contribution < -0.4 is 0 Å². The fourth-order valence-electron chi connectivity index (χ4n) is 1.48. The van der Waals surface area contributed by atoms with Gasteiger partial charge in [0, 0.05) is 32.0 Å². The molecular formula is C11H18N2O. The first kappa shape index (κ1) is 10.8. The Kier molecular flexibility index (Phi) is 3.33. The van der Waals surface area contributed by atoms with Gasteiger partial charge in [0.15, 0.2) is 0 Å². The van der Waals surface area contributed by atoms with Gasteiger partial charge in [0.25, 0.3) is 5.91 Å². The first-order valence-corrected chi connectivity index (χ1v) is 5.02. The maximum Gasteiger partial charge on any atom is 0.255 e. The van der Waals surface area contributed by atoms with Crippen LogP contribution in [0.4, 0.5) is 0 Å². The standard InChI is InChI=1S/C11H18N2O/c1-5-13(6-2)11(14)10-7-9(3)12(4)8-10/h7-8H,5-6H2,1-4H3. The van der Waals surface area contributed by atoms with Crippen molar-refractivity contribution in [1.82, 2.24) is 9.47 Å². The minimum absolute atomic E-state index is 0.124. The Morgan fingerprint density at radius 3 is 2.36 bits per heavy atom. The number of aromatic nitrogens is 1. The molecule has 0 atom stereocenters. The highest BCUT2D eigenvalue weighted by Gasteiger charge is 2.13. The van der Waals surface area contributed by atoms with E-state index in [4.69, 9.17) is 0 Å². The van der Waals surface area contributed by atoms with E-state index < -0.39 is 0 Å². The Morgan fingerprint density at radius 2 is 2.00 bits per heavy atom. The summed E-state index contributed by atoms with van der Waals surface area (Å²) in [5, 5.41) is 0. The zero-order valence-corrected chi connectivity index (χ0v) is 9.37. The van der Waals surface area contributed by atoms with Crippen LogP contribution in [0.5, 0.6) is 0 Å². The number of amides is 1. The molecule has 0 fully saturated rings. The number of hydrogen-bond donors (Lipinski definition) is 0. The Balaban J connectivity index is 2.88. The van der Waals surface area contributed by atoms with Crippen molar-refractivity contribution in [3.05, 3.63) is 23.5 Å². The summed E-state index contributed by atoms with van der Waals surface area (Å²) in [4.78, 5) is 13.7. The summed E-state index contributed by atoms with van der Waals surface area (Å²) in [6.07, 6.45) is 1.88. The molecule has 0 aliphatic carbocycles. The lowest BCUT2D eigenvalue weighted by Crippen LogP contribution is -2.30. The normalized spacial score (nSPS) is 10.3. The van der Waals surface area contributed by atoms with Crippen molar-refractivity contribution >= 4 is 5.91 Å². The molecule has 0 aromatic carbocycles. The third-order valence-corrected chi connectivity index (χ3v) is 2.55. The predicted molar refractivity (Wildman–Crippen MR) is 57.4 cm³/mol. The third kappa shape index (κ3) is 1.97. The molecule has 1 amide bonds. The highest BCUT2D eigenvalue weighted by atomic mass is 16.2. The zero-order chi connectivity index (χ0) is 10.7. The van der Waals surface area contributed by atoms with Crippen LogP contribution in [0.2, 0.25) is 0 Å². The summed E-state index contributed by atoms with van der Waals surface area (Å²) in [7, 11) is 1.95. The minimum Gasteiger partial charge on any atom is -0.354 e. The number of carbonyl (C=O) groups is 1. The maximum atomic E-state index is 11.9. The number of carbonyl (C=O) groups excluding carboxylic acids is 1. The second-order valence-corrected chi connectivity index (χ2v) is 3.46. The van der Waals surface area contributed by atoms with E-state index in [1.807, 2.05) is 49.5 Å². The number of nitrogens with zero attached hydrogens (tertiary/aromatic N) is 2. The van der Waals surface area contributed by atoms with Gasteiger partial charge in [-0.15, -0.1) is 0 Å². The van der Waals surface area contributed by atoms with Crippen LogP contribution in [-0.4, -0.2) is 28.5 Å². The van der Waals surface area contributed by atoms with Gasteiger partial charge in [0.05, 0.1) is 5.56 Å². The molecule has 3 heteroatoms. The first-order valence-electron chi connectivity index (χ1n) is 5.02. The van der Waals surface area contributed by atoms with E-state index in [-0.39, 0.29) is 5.91 Å². The van der Waals surface area contributed by atoms with Crippen molar-refractivity contribution in [2.45, 2.75) is 20.8 Å². The molecule has 0 bridgehead atoms. The fraction of sp³-hybridized carbons (Fsp3) is 0.545. The number of rotatable bonds is 3. The van der Waals surface area contributed by atoms with Crippen LogP contribution in [-0.2, 0) is 7.05 Å². The quantitative estimate of drug-likeness (QED) is 0.720. The topological polar surface area (TPSA) is 25.2 Å². The molecule has 0 saturated heterocycles. The molecule has 3 nitrogen and oxygen atoms in total. The zero-order valence-electron chi connectivity index (χ0n) is 9.37. The van der Waals surface area contributed by atoms with Crippen LogP contribution in [0, 0.1) is 6.92 Å². The van der Waals surface area contributed by atoms with Crippen molar-refractivity contribution in [1.29, 1.82) is 0 Å². The van der Waals surface area contributed by atoms with Crippen LogP contribution in [0.3, 0.4) is 0 Å². The molecule has 1 aromatic heterocycles. The van der Waals surface area contributed by atoms with Gasteiger partial charge in [-0.1, -0.05) is 0 Å². The molecular weight excluding hydrogens is 176 g/mol. The van der Waals surface area contributed by atoms with Gasteiger partial charge in [-0.05, 0) is 26.8 Å². The molecule has 0 radical (unpaired) electrons. The van der Waals surface area contributed by atoms with Gasteiger partial charge in [-0.2, -0.15) is 0 Å². The largest absolute Gasteiger partial charge is 0.354 e. The Labute approximate surface area is 85.3 Å². The molecule has 0 unspecified atom stereocenters. The van der Waals surface area contributed by atoms with Crippen LogP contribution >= 0.6 is 0 Å². The van der Waals surface area contributed by atoms with Gasteiger partial charge < -0.3 is 9.47 Å². The predicted octanol–water partition coefficient (Wildman–Crippen LogP) is 1.82. The summed E-state index contributed by atoms with van der Waals surface area (Å²) in [6.45, 7) is 7.53. The average molecular weight is 194 g/mol. The van der Waals surface area contributed by atoms with E-state index in [0.717, 1.165) is 24.3 Å². The van der Waals surface area contributed by atoms with Crippen molar-refractivity contribution in [3.63, 3.8) is 0 Å². The Hall–Kier alpha value is -1.25. The molecule has 0 N–H and O–H groups in total. The van der Waals surface area contributed by atoms with E-state index >= 15 is 0 Å². The van der Waals surface area contributed by atoms with Crippen molar-refractivity contribution in [2.24, 2.45) is 7.05 Å². The lowest BCUT2D eigenvalue weighted by Gasteiger charge is -2.17. The average Bonchev–Trinajstić information content (AvgIpc) is 2.49. The lowest BCUT2D eigenvalue weighted by molar-refractivity contribution is 0.0773. The minimum atomic E-state index is 0.124. The third-order valence-electron chi connectivity index (χ3n) is 2.55. The van der Waals surface area contributed by atoms with Crippen molar-refractivity contribution < 1.29 is 4.79 Å². The molecule has 14 heavy (non-hydrogen) atoms. The Bertz CT molecular complexity index is 305. The molecule has 1 aromatic rings. The summed E-state index contributed by atoms with van der Waals surface area (Å²) < 4.78 is 1.97. The fourth-order valence-corrected chi connectivity index (χ4v) is 1.48. The monoisotopic (exact) mass is 194 g/mol. The van der Waals surface area contributed by atoms with Crippen molar-refractivity contribution in [2.75, 3.05) is 13.1 Å². The lowest BCUT2D eigenvalue weighted by atomic mass is 10.2. The van der Waals surface area contributed by atoms with E-state index in [9.17, 15) is 4.79 Å². The molecule has 0 saturated carbocycles. The number of hydrogen-bond acceptors (Lipinski definition) is 1. The maximum absolute atomic E-state index is 11.9. The van der Waals surface area contributed by atoms with E-state index in [1.54, 1.807) is 0 Å². The molecule has 1 rings (SSSR count). The highest BCUT2D eigenvalue weighted by Crippen LogP contribution is 2.09. The van der Waals surface area contributed by atoms with Crippen molar-refractivity contribution in [3.8, 4) is 0 Å². The number of aryl methyl sites for hydroxylation is 2. The Morgan fingerprint density at radius 1 is 1.43 bits per heavy atom. The SMILES string of the molecule is CCN(CC)C(=O)c1cc(C)n(C)c1. The molecule has 1 heterocycles. The summed E-state index contributed by atoms with van der Waals surface area (Å²) in [6, 6.07) is 1.93. The molecule has 0 aliphatic heterocycles. The van der Waals surface area contributed by atoms with Crippen LogP contribution in [0.25, 0.3) is 0 Å². The summed E-state index contributed by atoms with van der Waals surface area (Å²) in [5.41, 5.74) is 1.90. The molecule has 0 aliphatic rings.